The van der Waals surface area contributed by atoms with E-state index in [1.807, 2.05) is 5.38 Å². The Morgan fingerprint density at radius 3 is 3.26 bits per heavy atom. The maximum atomic E-state index is 10.4. The molecule has 0 aliphatic carbocycles. The van der Waals surface area contributed by atoms with E-state index in [4.69, 9.17) is 4.74 Å². The monoisotopic (exact) mass is 335 g/mol. The molecule has 2 aromatic heterocycles. The second kappa shape index (κ2) is 7.89. The summed E-state index contributed by atoms with van der Waals surface area (Å²) in [6.45, 7) is 3.60. The molecule has 3 N–H and O–H groups in total. The summed E-state index contributed by atoms with van der Waals surface area (Å²) in [6.07, 6.45) is 5.84. The molecule has 0 bridgehead atoms. The molecule has 0 saturated carbocycles. The SMILES string of the molecule is O[C@@]1(CNCCc2csc(-c3cnccn3)n2)CNCCOC1. The number of hydrogen-bond donors (Lipinski definition) is 3. The molecule has 7 nitrogen and oxygen atoms in total. The van der Waals surface area contributed by atoms with Crippen molar-refractivity contribution in [2.45, 2.75) is 12.0 Å². The quantitative estimate of drug-likeness (QED) is 0.644. The first kappa shape index (κ1) is 16.4. The van der Waals surface area contributed by atoms with Gasteiger partial charge in [0.15, 0.2) is 0 Å². The molecule has 124 valence electrons. The van der Waals surface area contributed by atoms with Crippen molar-refractivity contribution >= 4 is 11.3 Å². The lowest BCUT2D eigenvalue weighted by Crippen LogP contribution is -2.50. The van der Waals surface area contributed by atoms with Crippen molar-refractivity contribution in [3.8, 4) is 10.7 Å². The van der Waals surface area contributed by atoms with Crippen molar-refractivity contribution in [2.75, 3.05) is 39.4 Å². The summed E-state index contributed by atoms with van der Waals surface area (Å²) in [4.78, 5) is 12.9. The zero-order valence-corrected chi connectivity index (χ0v) is 13.7. The Balaban J connectivity index is 1.45. The van der Waals surface area contributed by atoms with Gasteiger partial charge in [-0.2, -0.15) is 0 Å². The molecule has 1 aliphatic heterocycles. The normalized spacial score (nSPS) is 22.0. The summed E-state index contributed by atoms with van der Waals surface area (Å²) in [5, 5.41) is 19.8. The molecule has 0 aromatic carbocycles. The third-order valence-electron chi connectivity index (χ3n) is 3.59. The van der Waals surface area contributed by atoms with Gasteiger partial charge in [0.05, 0.1) is 25.1 Å². The highest BCUT2D eigenvalue weighted by Gasteiger charge is 2.28. The first-order valence-electron chi connectivity index (χ1n) is 7.68. The van der Waals surface area contributed by atoms with E-state index < -0.39 is 5.60 Å². The van der Waals surface area contributed by atoms with Gasteiger partial charge in [0.25, 0.3) is 0 Å². The maximum Gasteiger partial charge on any atom is 0.143 e. The lowest BCUT2D eigenvalue weighted by Gasteiger charge is -2.26. The first-order valence-corrected chi connectivity index (χ1v) is 8.55. The topological polar surface area (TPSA) is 92.2 Å². The summed E-state index contributed by atoms with van der Waals surface area (Å²) in [5.74, 6) is 0. The lowest BCUT2D eigenvalue weighted by molar-refractivity contribution is -0.0260. The molecule has 1 saturated heterocycles. The average molecular weight is 335 g/mol. The Morgan fingerprint density at radius 1 is 1.43 bits per heavy atom. The zero-order chi connectivity index (χ0) is 16.0. The summed E-state index contributed by atoms with van der Waals surface area (Å²) in [5.41, 5.74) is 0.974. The zero-order valence-electron chi connectivity index (χ0n) is 12.9. The fourth-order valence-electron chi connectivity index (χ4n) is 2.38. The van der Waals surface area contributed by atoms with Crippen molar-refractivity contribution in [3.63, 3.8) is 0 Å². The number of rotatable bonds is 6. The van der Waals surface area contributed by atoms with Gasteiger partial charge in [-0.05, 0) is 0 Å². The molecule has 8 heteroatoms. The van der Waals surface area contributed by atoms with Gasteiger partial charge >= 0.3 is 0 Å². The molecule has 3 rings (SSSR count). The van der Waals surface area contributed by atoms with E-state index in [9.17, 15) is 5.11 Å². The average Bonchev–Trinajstić information content (AvgIpc) is 2.94. The molecule has 1 atom stereocenters. The Kier molecular flexibility index (Phi) is 5.63. The van der Waals surface area contributed by atoms with Gasteiger partial charge in [0.1, 0.15) is 16.3 Å². The highest BCUT2D eigenvalue weighted by Crippen LogP contribution is 2.20. The number of nitrogens with zero attached hydrogens (tertiary/aromatic N) is 3. The number of thiazole rings is 1. The molecule has 3 heterocycles. The Morgan fingerprint density at radius 2 is 2.39 bits per heavy atom. The van der Waals surface area contributed by atoms with Crippen LogP contribution in [0.1, 0.15) is 5.69 Å². The van der Waals surface area contributed by atoms with Gasteiger partial charge < -0.3 is 20.5 Å². The van der Waals surface area contributed by atoms with Crippen LogP contribution >= 0.6 is 11.3 Å². The standard InChI is InChI=1S/C15H21N5O2S/c21-15(10-18-5-6-22-11-15)9-17-2-1-12-8-23-14(20-12)13-7-16-3-4-19-13/h3-4,7-8,17-18,21H,1-2,5-6,9-11H2/t15-/m0/s1. The van der Waals surface area contributed by atoms with Gasteiger partial charge in [-0.15, -0.1) is 11.3 Å². The molecule has 2 aromatic rings. The van der Waals surface area contributed by atoms with Crippen LogP contribution in [0, 0.1) is 0 Å². The third-order valence-corrected chi connectivity index (χ3v) is 4.51. The number of nitrogens with one attached hydrogen (secondary N) is 2. The minimum Gasteiger partial charge on any atom is -0.385 e. The lowest BCUT2D eigenvalue weighted by atomic mass is 10.1. The molecule has 23 heavy (non-hydrogen) atoms. The van der Waals surface area contributed by atoms with Crippen LogP contribution in [0.5, 0.6) is 0 Å². The highest BCUT2D eigenvalue weighted by atomic mass is 32.1. The van der Waals surface area contributed by atoms with Crippen LogP contribution in [0.2, 0.25) is 0 Å². The van der Waals surface area contributed by atoms with Crippen molar-refractivity contribution in [3.05, 3.63) is 29.7 Å². The van der Waals surface area contributed by atoms with Crippen molar-refractivity contribution in [1.82, 2.24) is 25.6 Å². The number of β-amino-alcohol motifs (C(OH)–C–C–N with tert-alkyl or cyclic N) is 1. The molecule has 1 fully saturated rings. The third kappa shape index (κ3) is 4.76. The molecular formula is C15H21N5O2S. The maximum absolute atomic E-state index is 10.4. The number of aromatic nitrogens is 3. The Bertz CT molecular complexity index is 599. The van der Waals surface area contributed by atoms with Gasteiger partial charge in [-0.3, -0.25) is 9.97 Å². The predicted molar refractivity (Wildman–Crippen MR) is 88.4 cm³/mol. The van der Waals surface area contributed by atoms with E-state index in [0.717, 1.165) is 35.9 Å². The summed E-state index contributed by atoms with van der Waals surface area (Å²) < 4.78 is 5.40. The highest BCUT2D eigenvalue weighted by molar-refractivity contribution is 7.13. The molecular weight excluding hydrogens is 314 g/mol. The van der Waals surface area contributed by atoms with Crippen LogP contribution in [0.15, 0.2) is 24.0 Å². The molecule has 1 aliphatic rings. The van der Waals surface area contributed by atoms with Crippen LogP contribution in [-0.2, 0) is 11.2 Å². The minimum absolute atomic E-state index is 0.362. The van der Waals surface area contributed by atoms with Crippen molar-refractivity contribution in [2.24, 2.45) is 0 Å². The number of aliphatic hydroxyl groups is 1. The fraction of sp³-hybridized carbons (Fsp3) is 0.533. The van der Waals surface area contributed by atoms with Crippen LogP contribution in [0.3, 0.4) is 0 Å². The first-order chi connectivity index (χ1) is 11.3. The van der Waals surface area contributed by atoms with E-state index in [-0.39, 0.29) is 0 Å². The summed E-state index contributed by atoms with van der Waals surface area (Å²) in [7, 11) is 0. The smallest absolute Gasteiger partial charge is 0.143 e. The Hall–Kier alpha value is -1.45. The van der Waals surface area contributed by atoms with Crippen molar-refractivity contribution in [1.29, 1.82) is 0 Å². The summed E-state index contributed by atoms with van der Waals surface area (Å²) in [6, 6.07) is 0. The molecule has 0 spiro atoms. The predicted octanol–water partition coefficient (Wildman–Crippen LogP) is 0.0831. The largest absolute Gasteiger partial charge is 0.385 e. The second-order valence-corrected chi connectivity index (χ2v) is 6.47. The second-order valence-electron chi connectivity index (χ2n) is 5.62. The molecule has 0 amide bonds. The van der Waals surface area contributed by atoms with Gasteiger partial charge in [-0.1, -0.05) is 0 Å². The fourth-order valence-corrected chi connectivity index (χ4v) is 3.19. The van der Waals surface area contributed by atoms with E-state index >= 15 is 0 Å². The van der Waals surface area contributed by atoms with E-state index in [0.29, 0.717) is 26.3 Å². The molecule has 0 unspecified atom stereocenters. The molecule has 0 radical (unpaired) electrons. The van der Waals surface area contributed by atoms with Crippen LogP contribution < -0.4 is 10.6 Å². The van der Waals surface area contributed by atoms with Gasteiger partial charge in [0, 0.05) is 50.4 Å². The minimum atomic E-state index is -0.844. The summed E-state index contributed by atoms with van der Waals surface area (Å²) >= 11 is 1.57. The van der Waals surface area contributed by atoms with Gasteiger partial charge in [0.2, 0.25) is 0 Å². The number of ether oxygens (including phenoxy) is 1. The van der Waals surface area contributed by atoms with Crippen LogP contribution in [-0.4, -0.2) is 65.1 Å². The van der Waals surface area contributed by atoms with E-state index in [1.165, 1.54) is 0 Å². The van der Waals surface area contributed by atoms with E-state index in [1.54, 1.807) is 29.9 Å². The van der Waals surface area contributed by atoms with Gasteiger partial charge in [-0.25, -0.2) is 4.98 Å². The Labute approximate surface area is 139 Å². The van der Waals surface area contributed by atoms with Crippen LogP contribution in [0.25, 0.3) is 10.7 Å². The van der Waals surface area contributed by atoms with Crippen molar-refractivity contribution < 1.29 is 9.84 Å². The van der Waals surface area contributed by atoms with E-state index in [2.05, 4.69) is 25.6 Å². The van der Waals surface area contributed by atoms with Crippen LogP contribution in [0.4, 0.5) is 0 Å². The number of hydrogen-bond acceptors (Lipinski definition) is 8.